The van der Waals surface area contributed by atoms with Crippen LogP contribution in [0.4, 0.5) is 8.78 Å². The predicted molar refractivity (Wildman–Crippen MR) is 133 cm³/mol. The average molecular weight is 506 g/mol. The van der Waals surface area contributed by atoms with E-state index in [1.807, 2.05) is 5.38 Å². The molecule has 35 heavy (non-hydrogen) atoms. The first-order valence-corrected chi connectivity index (χ1v) is 14.2. The van der Waals surface area contributed by atoms with E-state index >= 15 is 0 Å². The summed E-state index contributed by atoms with van der Waals surface area (Å²) < 4.78 is 29.5. The van der Waals surface area contributed by atoms with Gasteiger partial charge in [-0.15, -0.1) is 10.2 Å². The maximum absolute atomic E-state index is 13.6. The number of fused-ring (bicyclic) bond motifs is 2. The molecule has 0 spiro atoms. The number of alkyl halides is 2. The molecule has 3 fully saturated rings. The second-order valence-electron chi connectivity index (χ2n) is 10.7. The first kappa shape index (κ1) is 24.8. The molecule has 0 aromatic carbocycles. The number of piperidine rings is 1. The van der Waals surface area contributed by atoms with Gasteiger partial charge in [0.2, 0.25) is 11.8 Å². The Morgan fingerprint density at radius 2 is 1.89 bits per heavy atom. The van der Waals surface area contributed by atoms with Crippen molar-refractivity contribution in [1.29, 1.82) is 0 Å². The monoisotopic (exact) mass is 505 g/mol. The summed E-state index contributed by atoms with van der Waals surface area (Å²) >= 11 is 1.63. The SMILES string of the molecule is CCc1nnc(C)n1C1C[C@H]2CC[C@@H](C1)N2CC[C@H](NC(=O)C1CCC(F)(F)CC1)c1ccsc1. The number of carbonyl (C=O) groups excluding carboxylic acids is 1. The summed E-state index contributed by atoms with van der Waals surface area (Å²) in [5.41, 5.74) is 1.12. The van der Waals surface area contributed by atoms with Crippen LogP contribution in [0.25, 0.3) is 0 Å². The van der Waals surface area contributed by atoms with Crippen LogP contribution >= 0.6 is 11.3 Å². The Hall–Kier alpha value is -1.87. The Labute approximate surface area is 210 Å². The molecule has 2 aromatic heterocycles. The number of amides is 1. The maximum Gasteiger partial charge on any atom is 0.248 e. The van der Waals surface area contributed by atoms with E-state index in [1.54, 1.807) is 11.3 Å². The zero-order chi connectivity index (χ0) is 24.6. The second-order valence-corrected chi connectivity index (χ2v) is 11.5. The van der Waals surface area contributed by atoms with Crippen LogP contribution < -0.4 is 5.32 Å². The van der Waals surface area contributed by atoms with Crippen molar-refractivity contribution >= 4 is 17.2 Å². The van der Waals surface area contributed by atoms with E-state index in [-0.39, 0.29) is 43.6 Å². The number of thiophene rings is 1. The van der Waals surface area contributed by atoms with Gasteiger partial charge in [-0.3, -0.25) is 9.69 Å². The molecule has 6 nitrogen and oxygen atoms in total. The molecule has 1 aliphatic carbocycles. The first-order valence-electron chi connectivity index (χ1n) is 13.2. The Kier molecular flexibility index (Phi) is 7.26. The van der Waals surface area contributed by atoms with Crippen LogP contribution in [0.1, 0.15) is 94.0 Å². The van der Waals surface area contributed by atoms with E-state index in [4.69, 9.17) is 0 Å². The van der Waals surface area contributed by atoms with Crippen molar-refractivity contribution in [2.24, 2.45) is 5.92 Å². The summed E-state index contributed by atoms with van der Waals surface area (Å²) in [6.45, 7) is 5.14. The number of aryl methyl sites for hydroxylation is 2. The van der Waals surface area contributed by atoms with Crippen molar-refractivity contribution in [2.45, 2.75) is 108 Å². The topological polar surface area (TPSA) is 63.1 Å². The van der Waals surface area contributed by atoms with Crippen molar-refractivity contribution in [3.8, 4) is 0 Å². The molecule has 1 amide bonds. The molecular formula is C26H37F2N5OS. The molecule has 2 aromatic rings. The summed E-state index contributed by atoms with van der Waals surface area (Å²) in [4.78, 5) is 15.7. The summed E-state index contributed by atoms with van der Waals surface area (Å²) in [7, 11) is 0. The van der Waals surface area contributed by atoms with E-state index in [2.05, 4.69) is 50.3 Å². The molecule has 2 saturated heterocycles. The van der Waals surface area contributed by atoms with Crippen LogP contribution in [0, 0.1) is 12.8 Å². The van der Waals surface area contributed by atoms with Crippen LogP contribution in [-0.4, -0.2) is 50.1 Å². The Balaban J connectivity index is 1.21. The molecule has 1 saturated carbocycles. The summed E-state index contributed by atoms with van der Waals surface area (Å²) in [6.07, 6.45) is 6.60. The summed E-state index contributed by atoms with van der Waals surface area (Å²) in [5, 5.41) is 16.1. The number of hydrogen-bond acceptors (Lipinski definition) is 5. The molecule has 2 bridgehead atoms. The minimum absolute atomic E-state index is 0.0615. The van der Waals surface area contributed by atoms with Gasteiger partial charge < -0.3 is 9.88 Å². The van der Waals surface area contributed by atoms with Gasteiger partial charge in [0.05, 0.1) is 6.04 Å². The number of rotatable bonds is 8. The standard InChI is InChI=1S/C26H37F2N5OS/c1-3-24-31-30-17(2)33(24)22-14-20-4-5-21(15-22)32(20)12-8-23(19-9-13-35-16-19)29-25(34)18-6-10-26(27,28)11-7-18/h9,13,16,18,20-23H,3-8,10-12,14-15H2,1-2H3,(H,29,34)/t20-,21+,22?,23-/m0/s1. The summed E-state index contributed by atoms with van der Waals surface area (Å²) in [6, 6.07) is 3.56. The highest BCUT2D eigenvalue weighted by Gasteiger charge is 2.42. The highest BCUT2D eigenvalue weighted by Crippen LogP contribution is 2.42. The third kappa shape index (κ3) is 5.31. The van der Waals surface area contributed by atoms with Gasteiger partial charge in [-0.25, -0.2) is 8.78 Å². The lowest BCUT2D eigenvalue weighted by Gasteiger charge is -2.40. The van der Waals surface area contributed by atoms with Crippen LogP contribution in [-0.2, 0) is 11.2 Å². The molecule has 1 unspecified atom stereocenters. The molecular weight excluding hydrogens is 468 g/mol. The van der Waals surface area contributed by atoms with Crippen molar-refractivity contribution in [1.82, 2.24) is 25.0 Å². The van der Waals surface area contributed by atoms with Crippen LogP contribution in [0.5, 0.6) is 0 Å². The van der Waals surface area contributed by atoms with Crippen molar-refractivity contribution in [3.63, 3.8) is 0 Å². The number of nitrogens with zero attached hydrogens (tertiary/aromatic N) is 4. The zero-order valence-electron chi connectivity index (χ0n) is 20.8. The highest BCUT2D eigenvalue weighted by molar-refractivity contribution is 7.08. The number of carbonyl (C=O) groups is 1. The highest BCUT2D eigenvalue weighted by atomic mass is 32.1. The molecule has 2 aliphatic heterocycles. The fourth-order valence-corrected chi connectivity index (χ4v) is 7.33. The fourth-order valence-electron chi connectivity index (χ4n) is 6.62. The molecule has 1 N–H and O–H groups in total. The van der Waals surface area contributed by atoms with Crippen molar-refractivity contribution in [2.75, 3.05) is 6.54 Å². The summed E-state index contributed by atoms with van der Waals surface area (Å²) in [5.74, 6) is -0.879. The fraction of sp³-hybridized carbons (Fsp3) is 0.731. The molecule has 3 aliphatic rings. The largest absolute Gasteiger partial charge is 0.349 e. The minimum atomic E-state index is -2.61. The lowest BCUT2D eigenvalue weighted by atomic mass is 9.86. The molecule has 9 heteroatoms. The quantitative estimate of drug-likeness (QED) is 0.518. The van der Waals surface area contributed by atoms with Crippen molar-refractivity contribution in [3.05, 3.63) is 34.0 Å². The van der Waals surface area contributed by atoms with E-state index in [0.717, 1.165) is 49.4 Å². The van der Waals surface area contributed by atoms with E-state index in [1.165, 1.54) is 12.8 Å². The first-order chi connectivity index (χ1) is 16.8. The van der Waals surface area contributed by atoms with Gasteiger partial charge in [0.15, 0.2) is 0 Å². The van der Waals surface area contributed by atoms with Crippen molar-refractivity contribution < 1.29 is 13.6 Å². The maximum atomic E-state index is 13.6. The third-order valence-electron chi connectivity index (χ3n) is 8.50. The van der Waals surface area contributed by atoms with E-state index in [9.17, 15) is 13.6 Å². The molecule has 4 atom stereocenters. The lowest BCUT2D eigenvalue weighted by Crippen LogP contribution is -2.45. The normalized spacial score (nSPS) is 27.7. The van der Waals surface area contributed by atoms with E-state index < -0.39 is 5.92 Å². The molecule has 192 valence electrons. The van der Waals surface area contributed by atoms with Gasteiger partial charge in [-0.1, -0.05) is 6.92 Å². The molecule has 0 radical (unpaired) electrons. The Morgan fingerprint density at radius 3 is 2.51 bits per heavy atom. The van der Waals surface area contributed by atoms with Crippen LogP contribution in [0.3, 0.4) is 0 Å². The van der Waals surface area contributed by atoms with Crippen LogP contribution in [0.15, 0.2) is 16.8 Å². The van der Waals surface area contributed by atoms with Gasteiger partial charge in [-0.2, -0.15) is 11.3 Å². The van der Waals surface area contributed by atoms with Crippen LogP contribution in [0.2, 0.25) is 0 Å². The van der Waals surface area contributed by atoms with E-state index in [0.29, 0.717) is 18.1 Å². The Morgan fingerprint density at radius 1 is 1.17 bits per heavy atom. The number of hydrogen-bond donors (Lipinski definition) is 1. The minimum Gasteiger partial charge on any atom is -0.349 e. The lowest BCUT2D eigenvalue weighted by molar-refractivity contribution is -0.130. The van der Waals surface area contributed by atoms with Gasteiger partial charge in [0.1, 0.15) is 11.6 Å². The van der Waals surface area contributed by atoms with Gasteiger partial charge >= 0.3 is 0 Å². The van der Waals surface area contributed by atoms with Gasteiger partial charge in [0.25, 0.3) is 0 Å². The second kappa shape index (κ2) is 10.2. The Bertz CT molecular complexity index is 986. The average Bonchev–Trinajstić information content (AvgIpc) is 3.55. The number of aromatic nitrogens is 3. The number of nitrogens with one attached hydrogen (secondary N) is 1. The molecule has 4 heterocycles. The van der Waals surface area contributed by atoms with Gasteiger partial charge in [0, 0.05) is 49.9 Å². The zero-order valence-corrected chi connectivity index (χ0v) is 21.6. The predicted octanol–water partition coefficient (Wildman–Crippen LogP) is 5.45. The third-order valence-corrected chi connectivity index (χ3v) is 9.21. The van der Waals surface area contributed by atoms with Gasteiger partial charge in [-0.05, 0) is 74.3 Å². The molecule has 5 rings (SSSR count). The number of halogens is 2. The smallest absolute Gasteiger partial charge is 0.248 e.